The molecule has 0 heterocycles. The van der Waals surface area contributed by atoms with Crippen LogP contribution in [0, 0.1) is 0 Å². The maximum Gasteiger partial charge on any atom is 0.0384 e. The van der Waals surface area contributed by atoms with E-state index in [0.717, 1.165) is 17.8 Å². The molecule has 0 aliphatic rings. The maximum atomic E-state index is 3.45. The highest BCUT2D eigenvalue weighted by atomic mass is 14.9. The van der Waals surface area contributed by atoms with E-state index < -0.39 is 0 Å². The van der Waals surface area contributed by atoms with E-state index in [1.54, 1.807) is 0 Å². The predicted octanol–water partition coefficient (Wildman–Crippen LogP) is 6.05. The minimum Gasteiger partial charge on any atom is -0.356 e. The van der Waals surface area contributed by atoms with Crippen molar-refractivity contribution in [3.63, 3.8) is 0 Å². The van der Waals surface area contributed by atoms with Gasteiger partial charge in [-0.15, -0.1) is 0 Å². The van der Waals surface area contributed by atoms with E-state index in [2.05, 4.69) is 85.0 Å². The average Bonchev–Trinajstić information content (AvgIpc) is 2.58. The summed E-state index contributed by atoms with van der Waals surface area (Å²) in [6.45, 7) is 2.21. The van der Waals surface area contributed by atoms with Crippen LogP contribution in [0.4, 0.5) is 11.4 Å². The van der Waals surface area contributed by atoms with Crippen LogP contribution in [0.5, 0.6) is 0 Å². The quantitative estimate of drug-likeness (QED) is 0.602. The number of hydrogen-bond donors (Lipinski definition) is 1. The predicted molar refractivity (Wildman–Crippen MR) is 95.6 cm³/mol. The summed E-state index contributed by atoms with van der Waals surface area (Å²) in [4.78, 5) is 0. The Morgan fingerprint density at radius 3 is 1.77 bits per heavy atom. The second kappa shape index (κ2) is 6.95. The second-order valence-corrected chi connectivity index (χ2v) is 5.52. The fourth-order valence-electron chi connectivity index (χ4n) is 2.59. The molecule has 0 spiro atoms. The van der Waals surface area contributed by atoms with Crippen molar-refractivity contribution in [1.29, 1.82) is 0 Å². The van der Waals surface area contributed by atoms with Crippen molar-refractivity contribution >= 4 is 11.4 Å². The van der Waals surface area contributed by atoms with Gasteiger partial charge in [0.05, 0.1) is 0 Å². The van der Waals surface area contributed by atoms with Crippen molar-refractivity contribution in [2.45, 2.75) is 19.8 Å². The monoisotopic (exact) mass is 287 g/mol. The molecule has 0 saturated carbocycles. The van der Waals surface area contributed by atoms with Gasteiger partial charge in [0.2, 0.25) is 0 Å². The molecule has 110 valence electrons. The molecular formula is C21H21N. The van der Waals surface area contributed by atoms with E-state index in [9.17, 15) is 0 Å². The summed E-state index contributed by atoms with van der Waals surface area (Å²) in [6.07, 6.45) is 2.33. The summed E-state index contributed by atoms with van der Waals surface area (Å²) in [6, 6.07) is 27.7. The highest BCUT2D eigenvalue weighted by molar-refractivity contribution is 5.68. The molecule has 3 rings (SSSR count). The Balaban J connectivity index is 1.71. The van der Waals surface area contributed by atoms with Gasteiger partial charge in [0.25, 0.3) is 0 Å². The molecule has 1 nitrogen and oxygen atoms in total. The van der Waals surface area contributed by atoms with Gasteiger partial charge in [0, 0.05) is 11.4 Å². The van der Waals surface area contributed by atoms with E-state index in [-0.39, 0.29) is 0 Å². The molecule has 0 radical (unpaired) electrons. The van der Waals surface area contributed by atoms with Gasteiger partial charge in [-0.1, -0.05) is 67.9 Å². The minimum atomic E-state index is 1.11. The number of aryl methyl sites for hydroxylation is 1. The summed E-state index contributed by atoms with van der Waals surface area (Å²) < 4.78 is 0. The lowest BCUT2D eigenvalue weighted by Crippen LogP contribution is -1.91. The molecule has 1 N–H and O–H groups in total. The van der Waals surface area contributed by atoms with Crippen molar-refractivity contribution in [2.24, 2.45) is 0 Å². The molecule has 0 aromatic heterocycles. The molecule has 1 heteroatoms. The first kappa shape index (κ1) is 14.4. The third-order valence-electron chi connectivity index (χ3n) is 3.77. The standard InChI is InChI=1S/C21H21N/c1-2-6-17-9-13-20(14-10-17)22-21-15-11-19(12-16-21)18-7-4-3-5-8-18/h3-5,7-16,22H,2,6H2,1H3. The van der Waals surface area contributed by atoms with Crippen LogP contribution < -0.4 is 5.32 Å². The first-order chi connectivity index (χ1) is 10.8. The summed E-state index contributed by atoms with van der Waals surface area (Å²) in [5.41, 5.74) is 6.13. The van der Waals surface area contributed by atoms with Gasteiger partial charge in [0.15, 0.2) is 0 Å². The number of anilines is 2. The molecule has 0 unspecified atom stereocenters. The zero-order valence-corrected chi connectivity index (χ0v) is 12.9. The van der Waals surface area contributed by atoms with Crippen molar-refractivity contribution in [1.82, 2.24) is 0 Å². The average molecular weight is 287 g/mol. The van der Waals surface area contributed by atoms with E-state index >= 15 is 0 Å². The van der Waals surface area contributed by atoms with Gasteiger partial charge in [-0.3, -0.25) is 0 Å². The Labute approximate surface area is 132 Å². The van der Waals surface area contributed by atoms with Gasteiger partial charge in [0.1, 0.15) is 0 Å². The molecule has 0 atom stereocenters. The smallest absolute Gasteiger partial charge is 0.0384 e. The Bertz CT molecular complexity index is 697. The lowest BCUT2D eigenvalue weighted by molar-refractivity contribution is 0.922. The normalized spacial score (nSPS) is 10.4. The number of hydrogen-bond acceptors (Lipinski definition) is 1. The maximum absolute atomic E-state index is 3.45. The van der Waals surface area contributed by atoms with Gasteiger partial charge in [-0.2, -0.15) is 0 Å². The SMILES string of the molecule is CCCc1ccc(Nc2ccc(-c3ccccc3)cc2)cc1. The van der Waals surface area contributed by atoms with Crippen LogP contribution in [-0.4, -0.2) is 0 Å². The zero-order valence-electron chi connectivity index (χ0n) is 12.9. The van der Waals surface area contributed by atoms with E-state index in [0.29, 0.717) is 0 Å². The number of benzene rings is 3. The Morgan fingerprint density at radius 1 is 0.636 bits per heavy atom. The molecule has 0 amide bonds. The second-order valence-electron chi connectivity index (χ2n) is 5.52. The van der Waals surface area contributed by atoms with Crippen molar-refractivity contribution < 1.29 is 0 Å². The van der Waals surface area contributed by atoms with Crippen LogP contribution in [0.2, 0.25) is 0 Å². The highest BCUT2D eigenvalue weighted by Crippen LogP contribution is 2.23. The number of rotatable bonds is 5. The molecule has 0 fully saturated rings. The van der Waals surface area contributed by atoms with Crippen LogP contribution in [0.15, 0.2) is 78.9 Å². The van der Waals surface area contributed by atoms with Crippen molar-refractivity contribution in [3.05, 3.63) is 84.4 Å². The molecule has 0 bridgehead atoms. The third kappa shape index (κ3) is 3.56. The van der Waals surface area contributed by atoms with Gasteiger partial charge in [-0.05, 0) is 47.4 Å². The number of nitrogens with one attached hydrogen (secondary N) is 1. The summed E-state index contributed by atoms with van der Waals surface area (Å²) in [5.74, 6) is 0. The summed E-state index contributed by atoms with van der Waals surface area (Å²) in [7, 11) is 0. The van der Waals surface area contributed by atoms with Crippen LogP contribution in [0.1, 0.15) is 18.9 Å². The Morgan fingerprint density at radius 2 is 1.18 bits per heavy atom. The Kier molecular flexibility index (Phi) is 4.55. The molecule has 3 aromatic rings. The van der Waals surface area contributed by atoms with E-state index in [1.165, 1.54) is 23.1 Å². The van der Waals surface area contributed by atoms with Crippen LogP contribution in [-0.2, 0) is 6.42 Å². The summed E-state index contributed by atoms with van der Waals surface area (Å²) in [5, 5.41) is 3.45. The minimum absolute atomic E-state index is 1.11. The molecule has 3 aromatic carbocycles. The van der Waals surface area contributed by atoms with Gasteiger partial charge in [-0.25, -0.2) is 0 Å². The molecule has 0 aliphatic heterocycles. The molecule has 22 heavy (non-hydrogen) atoms. The third-order valence-corrected chi connectivity index (χ3v) is 3.77. The fourth-order valence-corrected chi connectivity index (χ4v) is 2.59. The first-order valence-corrected chi connectivity index (χ1v) is 7.86. The molecule has 0 saturated heterocycles. The highest BCUT2D eigenvalue weighted by Gasteiger charge is 1.99. The lowest BCUT2D eigenvalue weighted by Gasteiger charge is -2.09. The fraction of sp³-hybridized carbons (Fsp3) is 0.143. The molecular weight excluding hydrogens is 266 g/mol. The van der Waals surface area contributed by atoms with Crippen molar-refractivity contribution in [3.8, 4) is 11.1 Å². The topological polar surface area (TPSA) is 12.0 Å². The summed E-state index contributed by atoms with van der Waals surface area (Å²) >= 11 is 0. The van der Waals surface area contributed by atoms with Gasteiger partial charge >= 0.3 is 0 Å². The Hall–Kier alpha value is -2.54. The van der Waals surface area contributed by atoms with E-state index in [1.807, 2.05) is 6.07 Å². The van der Waals surface area contributed by atoms with Gasteiger partial charge < -0.3 is 5.32 Å². The van der Waals surface area contributed by atoms with Crippen LogP contribution >= 0.6 is 0 Å². The lowest BCUT2D eigenvalue weighted by atomic mass is 10.1. The van der Waals surface area contributed by atoms with E-state index in [4.69, 9.17) is 0 Å². The molecule has 0 aliphatic carbocycles. The first-order valence-electron chi connectivity index (χ1n) is 7.86. The van der Waals surface area contributed by atoms with Crippen molar-refractivity contribution in [2.75, 3.05) is 5.32 Å². The van der Waals surface area contributed by atoms with Crippen LogP contribution in [0.25, 0.3) is 11.1 Å². The largest absolute Gasteiger partial charge is 0.356 e. The van der Waals surface area contributed by atoms with Crippen LogP contribution in [0.3, 0.4) is 0 Å². The zero-order chi connectivity index (χ0) is 15.2.